The van der Waals surface area contributed by atoms with E-state index in [1.165, 1.54) is 0 Å². The van der Waals surface area contributed by atoms with Crippen molar-refractivity contribution in [1.82, 2.24) is 0 Å². The molecule has 4 rings (SSSR count). The predicted molar refractivity (Wildman–Crippen MR) is 138 cm³/mol. The van der Waals surface area contributed by atoms with Gasteiger partial charge in [-0.2, -0.15) is 0 Å². The smallest absolute Gasteiger partial charge is 0.114 e. The highest BCUT2D eigenvalue weighted by molar-refractivity contribution is 5.15. The normalized spacial score (nSPS) is 24.2. The van der Waals surface area contributed by atoms with Gasteiger partial charge in [0.2, 0.25) is 0 Å². The van der Waals surface area contributed by atoms with Crippen molar-refractivity contribution in [3.63, 3.8) is 0 Å². The Kier molecular flexibility index (Phi) is 9.64. The van der Waals surface area contributed by atoms with E-state index in [0.717, 1.165) is 16.7 Å². The lowest BCUT2D eigenvalue weighted by atomic mass is 9.91. The average molecular weight is 474 g/mol. The topological polar surface area (TPSA) is 62.9 Å². The van der Waals surface area contributed by atoms with Gasteiger partial charge in [0.15, 0.2) is 0 Å². The van der Waals surface area contributed by atoms with Gasteiger partial charge in [-0.15, -0.1) is 6.58 Å². The fraction of sp³-hybridized carbons (Fsp3) is 0.333. The second-order valence-corrected chi connectivity index (χ2v) is 8.84. The summed E-state index contributed by atoms with van der Waals surface area (Å²) in [5, 5.41) is 0. The molecule has 0 spiro atoms. The third-order valence-corrected chi connectivity index (χ3v) is 6.21. The van der Waals surface area contributed by atoms with E-state index >= 15 is 0 Å². The predicted octanol–water partition coefficient (Wildman–Crippen LogP) is 5.04. The molecule has 2 unspecified atom stereocenters. The van der Waals surface area contributed by atoms with Crippen molar-refractivity contribution in [1.29, 1.82) is 0 Å². The summed E-state index contributed by atoms with van der Waals surface area (Å²) in [5.41, 5.74) is 9.98. The number of benzene rings is 3. The highest BCUT2D eigenvalue weighted by atomic mass is 16.6. The molecule has 0 radical (unpaired) electrons. The van der Waals surface area contributed by atoms with Gasteiger partial charge in [-0.25, -0.2) is 0 Å². The van der Waals surface area contributed by atoms with Crippen LogP contribution in [0.15, 0.2) is 104 Å². The molecule has 1 saturated heterocycles. The molecule has 2 N–H and O–H groups in total. The second-order valence-electron chi connectivity index (χ2n) is 8.84. The van der Waals surface area contributed by atoms with Gasteiger partial charge in [-0.3, -0.25) is 0 Å². The molecule has 0 amide bonds. The largest absolute Gasteiger partial charge is 0.374 e. The second kappa shape index (κ2) is 13.3. The van der Waals surface area contributed by atoms with Gasteiger partial charge in [0.25, 0.3) is 0 Å². The van der Waals surface area contributed by atoms with Gasteiger partial charge in [0, 0.05) is 0 Å². The molecule has 5 nitrogen and oxygen atoms in total. The summed E-state index contributed by atoms with van der Waals surface area (Å²) in [6.45, 7) is 5.65. The highest BCUT2D eigenvalue weighted by Crippen LogP contribution is 2.29. The highest BCUT2D eigenvalue weighted by Gasteiger charge is 2.45. The first-order valence-electron chi connectivity index (χ1n) is 12.2. The molecule has 3 aromatic carbocycles. The number of hydrogen-bond acceptors (Lipinski definition) is 5. The fourth-order valence-corrected chi connectivity index (χ4v) is 4.35. The molecule has 3 aromatic rings. The molecule has 1 aliphatic heterocycles. The number of nitrogens with two attached hydrogens (primary N) is 1. The van der Waals surface area contributed by atoms with Crippen LogP contribution in [0.25, 0.3) is 0 Å². The maximum atomic E-state index is 6.70. The minimum Gasteiger partial charge on any atom is -0.374 e. The molecule has 1 heterocycles. The van der Waals surface area contributed by atoms with Crippen molar-refractivity contribution >= 4 is 0 Å². The van der Waals surface area contributed by atoms with Crippen molar-refractivity contribution in [2.75, 3.05) is 6.61 Å². The molecular formula is C30H35NO4. The molecular weight excluding hydrogens is 438 g/mol. The summed E-state index contributed by atoms with van der Waals surface area (Å²) in [7, 11) is 0. The average Bonchev–Trinajstić information content (AvgIpc) is 2.90. The maximum absolute atomic E-state index is 6.70. The lowest BCUT2D eigenvalue weighted by Crippen LogP contribution is -2.63. The van der Waals surface area contributed by atoms with Gasteiger partial charge in [-0.05, 0) is 23.1 Å². The quantitative estimate of drug-likeness (QED) is 0.373. The molecule has 0 bridgehead atoms. The zero-order chi connectivity index (χ0) is 24.3. The van der Waals surface area contributed by atoms with Crippen molar-refractivity contribution in [3.05, 3.63) is 120 Å². The molecule has 184 valence electrons. The minimum absolute atomic E-state index is 0.227. The molecule has 0 saturated carbocycles. The van der Waals surface area contributed by atoms with E-state index in [0.29, 0.717) is 32.8 Å². The van der Waals surface area contributed by atoms with E-state index in [1.54, 1.807) is 0 Å². The Bertz CT molecular complexity index is 999. The Hall–Kier alpha value is -2.80. The number of hydrogen-bond donors (Lipinski definition) is 1. The van der Waals surface area contributed by atoms with Crippen LogP contribution < -0.4 is 5.73 Å². The zero-order valence-electron chi connectivity index (χ0n) is 20.1. The summed E-state index contributed by atoms with van der Waals surface area (Å²) in [5.74, 6) is 0. The van der Waals surface area contributed by atoms with E-state index in [4.69, 9.17) is 24.7 Å². The van der Waals surface area contributed by atoms with Crippen molar-refractivity contribution in [3.8, 4) is 0 Å². The van der Waals surface area contributed by atoms with Crippen molar-refractivity contribution in [2.24, 2.45) is 5.73 Å². The first-order valence-corrected chi connectivity index (χ1v) is 12.2. The molecule has 0 aliphatic carbocycles. The van der Waals surface area contributed by atoms with Crippen LogP contribution >= 0.6 is 0 Å². The Morgan fingerprint density at radius 2 is 1.17 bits per heavy atom. The van der Waals surface area contributed by atoms with Crippen LogP contribution in [0.5, 0.6) is 0 Å². The lowest BCUT2D eigenvalue weighted by Gasteiger charge is -2.45. The van der Waals surface area contributed by atoms with Crippen LogP contribution in [0.2, 0.25) is 0 Å². The third kappa shape index (κ3) is 7.34. The Morgan fingerprint density at radius 1 is 0.686 bits per heavy atom. The molecule has 1 aliphatic rings. The van der Waals surface area contributed by atoms with Crippen molar-refractivity contribution < 1.29 is 18.9 Å². The summed E-state index contributed by atoms with van der Waals surface area (Å²) in [6, 6.07) is 30.0. The van der Waals surface area contributed by atoms with Gasteiger partial charge < -0.3 is 24.7 Å². The Morgan fingerprint density at radius 3 is 1.69 bits per heavy atom. The zero-order valence-corrected chi connectivity index (χ0v) is 20.1. The van der Waals surface area contributed by atoms with E-state index < -0.39 is 0 Å². The Balaban J connectivity index is 1.50. The van der Waals surface area contributed by atoms with Crippen LogP contribution in [0.1, 0.15) is 23.1 Å². The monoisotopic (exact) mass is 473 g/mol. The SMILES string of the molecule is C=CC[C@@H]1OC(COCc2ccccc2)[C@@H](OCc2ccccc2)[C@H](OCc2ccccc2)C1N. The fourth-order valence-electron chi connectivity index (χ4n) is 4.35. The van der Waals surface area contributed by atoms with Gasteiger partial charge >= 0.3 is 0 Å². The summed E-state index contributed by atoms with van der Waals surface area (Å²) < 4.78 is 25.4. The summed E-state index contributed by atoms with van der Waals surface area (Å²) >= 11 is 0. The van der Waals surface area contributed by atoms with E-state index in [1.807, 2.05) is 97.1 Å². The van der Waals surface area contributed by atoms with Crippen LogP contribution in [-0.2, 0) is 38.8 Å². The van der Waals surface area contributed by atoms with Gasteiger partial charge in [0.1, 0.15) is 18.3 Å². The van der Waals surface area contributed by atoms with Gasteiger partial charge in [-0.1, -0.05) is 97.1 Å². The molecule has 1 fully saturated rings. The number of ether oxygens (including phenoxy) is 4. The van der Waals surface area contributed by atoms with Crippen LogP contribution in [0.4, 0.5) is 0 Å². The summed E-state index contributed by atoms with van der Waals surface area (Å²) in [4.78, 5) is 0. The molecule has 35 heavy (non-hydrogen) atoms. The van der Waals surface area contributed by atoms with Crippen LogP contribution in [0, 0.1) is 0 Å². The lowest BCUT2D eigenvalue weighted by molar-refractivity contribution is -0.227. The number of rotatable bonds is 12. The first-order chi connectivity index (χ1) is 17.2. The van der Waals surface area contributed by atoms with Crippen molar-refractivity contribution in [2.45, 2.75) is 56.7 Å². The van der Waals surface area contributed by atoms with E-state index in [9.17, 15) is 0 Å². The maximum Gasteiger partial charge on any atom is 0.114 e. The standard InChI is InChI=1S/C30H35NO4/c1-2-12-26-28(31)30(34-21-25-17-10-5-11-18-25)29(33-20-24-15-8-4-9-16-24)27(35-26)22-32-19-23-13-6-3-7-14-23/h2-11,13-18,26-30H,1,12,19-22,31H2/t26-,27?,28?,29+,30+/m0/s1. The molecule has 5 atom stereocenters. The third-order valence-electron chi connectivity index (χ3n) is 6.21. The molecule has 0 aromatic heterocycles. The van der Waals surface area contributed by atoms with E-state index in [2.05, 4.69) is 6.58 Å². The summed E-state index contributed by atoms with van der Waals surface area (Å²) in [6.07, 6.45) is 1.18. The Labute approximate surface area is 208 Å². The van der Waals surface area contributed by atoms with Crippen LogP contribution in [-0.4, -0.2) is 37.1 Å². The van der Waals surface area contributed by atoms with Crippen LogP contribution in [0.3, 0.4) is 0 Å². The first kappa shape index (κ1) is 25.3. The molecule has 5 heteroatoms. The minimum atomic E-state index is -0.384. The van der Waals surface area contributed by atoms with Gasteiger partial charge in [0.05, 0.1) is 38.6 Å². The van der Waals surface area contributed by atoms with E-state index in [-0.39, 0.29) is 30.5 Å².